The number of ether oxygens (including phenoxy) is 1. The van der Waals surface area contributed by atoms with Crippen LogP contribution < -0.4 is 32.3 Å². The second-order valence-electron chi connectivity index (χ2n) is 17.5. The predicted octanol–water partition coefficient (Wildman–Crippen LogP) is 3.03. The number of primary amides is 1. The van der Waals surface area contributed by atoms with Crippen molar-refractivity contribution in [3.8, 4) is 0 Å². The molecular formula is C46H73N7O9. The summed E-state index contributed by atoms with van der Waals surface area (Å²) < 4.78 is 6.28. The van der Waals surface area contributed by atoms with Crippen molar-refractivity contribution in [1.29, 1.82) is 0 Å². The zero-order chi connectivity index (χ0) is 45.0. The van der Waals surface area contributed by atoms with Crippen LogP contribution in [0.4, 0.5) is 0 Å². The monoisotopic (exact) mass is 868 g/mol. The average Bonchev–Trinajstić information content (AvgIpc) is 3.98. The molecule has 7 atom stereocenters. The lowest BCUT2D eigenvalue weighted by molar-refractivity contribution is -0.144. The van der Waals surface area contributed by atoms with Gasteiger partial charge in [0.25, 0.3) is 5.91 Å². The molecule has 0 aromatic heterocycles. The van der Waals surface area contributed by atoms with E-state index in [4.69, 9.17) is 10.5 Å². The Bertz CT molecular complexity index is 1620. The molecule has 4 rings (SSSR count). The molecule has 1 saturated heterocycles. The van der Waals surface area contributed by atoms with Gasteiger partial charge in [-0.2, -0.15) is 0 Å². The molecule has 0 bridgehead atoms. The van der Waals surface area contributed by atoms with Gasteiger partial charge < -0.3 is 41.7 Å². The van der Waals surface area contributed by atoms with Crippen molar-refractivity contribution in [3.05, 3.63) is 35.9 Å². The van der Waals surface area contributed by atoms with Crippen LogP contribution in [0, 0.1) is 11.8 Å². The summed E-state index contributed by atoms with van der Waals surface area (Å²) in [5.41, 5.74) is 6.44. The predicted molar refractivity (Wildman–Crippen MR) is 234 cm³/mol. The first-order valence-electron chi connectivity index (χ1n) is 23.3. The molecule has 2 aliphatic carbocycles. The van der Waals surface area contributed by atoms with Gasteiger partial charge in [-0.05, 0) is 62.3 Å². The molecule has 3 aliphatic rings. The van der Waals surface area contributed by atoms with E-state index in [1.165, 1.54) is 4.90 Å². The molecule has 0 radical (unpaired) electrons. The molecular weight excluding hydrogens is 795 g/mol. The Balaban J connectivity index is 1.45. The second-order valence-corrected chi connectivity index (χ2v) is 17.5. The third kappa shape index (κ3) is 15.4. The lowest BCUT2D eigenvalue weighted by Gasteiger charge is -2.37. The van der Waals surface area contributed by atoms with Gasteiger partial charge >= 0.3 is 0 Å². The van der Waals surface area contributed by atoms with Gasteiger partial charge in [-0.25, -0.2) is 0 Å². The van der Waals surface area contributed by atoms with Crippen LogP contribution in [-0.2, 0) is 44.9 Å². The molecule has 1 aromatic carbocycles. The number of aliphatic hydroxyl groups is 1. The molecule has 62 heavy (non-hydrogen) atoms. The Hall–Kier alpha value is -4.41. The number of nitrogens with two attached hydrogens (primary N) is 1. The first-order chi connectivity index (χ1) is 29.9. The maximum atomic E-state index is 14.7. The summed E-state index contributed by atoms with van der Waals surface area (Å²) in [7, 11) is 0. The van der Waals surface area contributed by atoms with Gasteiger partial charge in [-0.15, -0.1) is 0 Å². The average molecular weight is 868 g/mol. The van der Waals surface area contributed by atoms with Crippen molar-refractivity contribution < 1.29 is 43.4 Å². The van der Waals surface area contributed by atoms with E-state index in [0.717, 1.165) is 76.2 Å². The normalized spacial score (nSPS) is 20.7. The van der Waals surface area contributed by atoms with Crippen molar-refractivity contribution in [2.75, 3.05) is 13.1 Å². The Morgan fingerprint density at radius 1 is 0.774 bits per heavy atom. The summed E-state index contributed by atoms with van der Waals surface area (Å²) in [6, 6.07) is 4.73. The van der Waals surface area contributed by atoms with Crippen molar-refractivity contribution in [2.45, 2.75) is 185 Å². The van der Waals surface area contributed by atoms with Crippen LogP contribution in [0.2, 0.25) is 0 Å². The number of carbonyl (C=O) groups is 7. The highest BCUT2D eigenvalue weighted by atomic mass is 16.5. The number of aliphatic hydroxyl groups excluding tert-OH is 1. The molecule has 1 aromatic rings. The molecule has 2 saturated carbocycles. The van der Waals surface area contributed by atoms with Crippen LogP contribution in [0.25, 0.3) is 0 Å². The van der Waals surface area contributed by atoms with Gasteiger partial charge in [0.05, 0.1) is 31.3 Å². The molecule has 5 unspecified atom stereocenters. The number of ketones is 1. The van der Waals surface area contributed by atoms with Crippen LogP contribution in [-0.4, -0.2) is 107 Å². The van der Waals surface area contributed by atoms with E-state index in [0.29, 0.717) is 25.7 Å². The summed E-state index contributed by atoms with van der Waals surface area (Å²) in [5.74, 6) is -4.88. The number of likely N-dealkylation sites (tertiary alicyclic amines) is 1. The lowest BCUT2D eigenvalue weighted by atomic mass is 9.82. The van der Waals surface area contributed by atoms with E-state index in [-0.39, 0.29) is 50.2 Å². The summed E-state index contributed by atoms with van der Waals surface area (Å²) >= 11 is 0. The molecule has 6 amide bonds. The molecule has 16 heteroatoms. The van der Waals surface area contributed by atoms with Crippen LogP contribution in [0.1, 0.15) is 142 Å². The first-order valence-corrected chi connectivity index (χ1v) is 23.3. The number of nitrogens with zero attached hydrogens (tertiary/aromatic N) is 1. The maximum Gasteiger partial charge on any atom is 0.290 e. The number of Topliss-reactive ketones (excluding diaryl/α,β-unsaturated/α-hetero) is 1. The lowest BCUT2D eigenvalue weighted by Crippen LogP contribution is -2.59. The minimum atomic E-state index is -1.25. The minimum Gasteiger partial charge on any atom is -0.378 e. The number of rotatable bonds is 26. The first kappa shape index (κ1) is 50.2. The van der Waals surface area contributed by atoms with Gasteiger partial charge in [0, 0.05) is 13.0 Å². The van der Waals surface area contributed by atoms with Gasteiger partial charge in [-0.3, -0.25) is 38.9 Å². The van der Waals surface area contributed by atoms with E-state index >= 15 is 0 Å². The summed E-state index contributed by atoms with van der Waals surface area (Å²) in [4.78, 5) is 95.6. The van der Waals surface area contributed by atoms with Gasteiger partial charge in [-0.1, -0.05) is 115 Å². The summed E-state index contributed by atoms with van der Waals surface area (Å²) in [5, 5.41) is 25.0. The number of amides is 6. The SMILES string of the molecule is CCCCC(NC(=O)C(CCCC)NC(=O)CNC(=O)C(=O)C(CCC)NC(=O)[C@@H]1C[C@@H](OCc2ccccc2)CN1C(=O)C(NC(O)C1CCCC1)C1CCCCC1)C(N)=O. The maximum absolute atomic E-state index is 14.7. The van der Waals surface area contributed by atoms with E-state index in [1.54, 1.807) is 6.92 Å². The fraction of sp³-hybridized carbons (Fsp3) is 0.717. The molecule has 0 spiro atoms. The molecule has 8 N–H and O–H groups in total. The standard InChI is InChI=1S/C46H73N7O9/c1-4-7-24-35(41(47)56)51-43(58)36(25-8-5-2)49-38(54)27-48-45(60)40(55)34(17-6-3)50-44(59)37-26-33(62-29-30-18-11-9-12-19-30)28-53(37)46(61)39(31-20-13-10-14-21-31)52-42(57)32-22-15-16-23-32/h9,11-12,18-19,31-37,39,42,52,57H,4-8,10,13-17,20-29H2,1-3H3,(H2,47,56)(H,48,60)(H,49,54)(H,50,59)(H,51,58)/t33-,34?,35?,36?,37+,39?,42?/m1/s1. The van der Waals surface area contributed by atoms with Crippen molar-refractivity contribution >= 4 is 41.2 Å². The number of unbranched alkanes of at least 4 members (excludes halogenated alkanes) is 2. The highest BCUT2D eigenvalue weighted by Crippen LogP contribution is 2.33. The van der Waals surface area contributed by atoms with Crippen molar-refractivity contribution in [3.63, 3.8) is 0 Å². The Labute approximate surface area is 367 Å². The molecule has 346 valence electrons. The van der Waals surface area contributed by atoms with E-state index in [2.05, 4.69) is 26.6 Å². The summed E-state index contributed by atoms with van der Waals surface area (Å²) in [6.07, 6.45) is 11.3. The van der Waals surface area contributed by atoms with Gasteiger partial charge in [0.15, 0.2) is 0 Å². The smallest absolute Gasteiger partial charge is 0.290 e. The molecule has 1 aliphatic heterocycles. The fourth-order valence-electron chi connectivity index (χ4n) is 8.97. The van der Waals surface area contributed by atoms with Crippen molar-refractivity contribution in [1.82, 2.24) is 31.5 Å². The molecule has 16 nitrogen and oxygen atoms in total. The summed E-state index contributed by atoms with van der Waals surface area (Å²) in [6.45, 7) is 5.47. The number of carbonyl (C=O) groups excluding carboxylic acids is 7. The number of nitrogens with one attached hydrogen (secondary N) is 5. The molecule has 3 fully saturated rings. The highest BCUT2D eigenvalue weighted by molar-refractivity contribution is 6.38. The Morgan fingerprint density at radius 2 is 1.40 bits per heavy atom. The van der Waals surface area contributed by atoms with E-state index < -0.39 is 84.4 Å². The quantitative estimate of drug-likeness (QED) is 0.0531. The van der Waals surface area contributed by atoms with E-state index in [1.807, 2.05) is 44.2 Å². The largest absolute Gasteiger partial charge is 0.378 e. The number of benzene rings is 1. The van der Waals surface area contributed by atoms with Crippen LogP contribution >= 0.6 is 0 Å². The van der Waals surface area contributed by atoms with Gasteiger partial charge in [0.1, 0.15) is 24.4 Å². The molecule has 1 heterocycles. The zero-order valence-corrected chi connectivity index (χ0v) is 37.2. The number of hydrogen-bond donors (Lipinski definition) is 7. The van der Waals surface area contributed by atoms with Crippen molar-refractivity contribution in [2.24, 2.45) is 17.6 Å². The topological polar surface area (TPSA) is 238 Å². The van der Waals surface area contributed by atoms with E-state index in [9.17, 15) is 38.7 Å². The Kier molecular flexibility index (Phi) is 21.3. The van der Waals surface area contributed by atoms with Crippen LogP contribution in [0.15, 0.2) is 30.3 Å². The fourth-order valence-corrected chi connectivity index (χ4v) is 8.97. The van der Waals surface area contributed by atoms with Crippen LogP contribution in [0.3, 0.4) is 0 Å². The third-order valence-corrected chi connectivity index (χ3v) is 12.6. The third-order valence-electron chi connectivity index (χ3n) is 12.6. The van der Waals surface area contributed by atoms with Crippen LogP contribution in [0.5, 0.6) is 0 Å². The second kappa shape index (κ2) is 26.3. The minimum absolute atomic E-state index is 0.0234. The Morgan fingerprint density at radius 3 is 2.03 bits per heavy atom. The number of hydrogen-bond acceptors (Lipinski definition) is 10. The highest BCUT2D eigenvalue weighted by Gasteiger charge is 2.45. The zero-order valence-electron chi connectivity index (χ0n) is 37.2. The van der Waals surface area contributed by atoms with Gasteiger partial charge in [0.2, 0.25) is 35.3 Å².